The summed E-state index contributed by atoms with van der Waals surface area (Å²) >= 11 is 0. The van der Waals surface area contributed by atoms with Crippen molar-refractivity contribution in [3.63, 3.8) is 0 Å². The van der Waals surface area contributed by atoms with Crippen molar-refractivity contribution in [3.05, 3.63) is 35.4 Å². The average Bonchev–Trinajstić information content (AvgIpc) is 2.47. The molecule has 1 aromatic carbocycles. The molecule has 1 aliphatic heterocycles. The molecular weight excluding hydrogens is 254 g/mol. The number of benzene rings is 1. The number of hydrogen-bond acceptors (Lipinski definition) is 3. The van der Waals surface area contributed by atoms with Gasteiger partial charge in [-0.1, -0.05) is 19.1 Å². The Balaban J connectivity index is 2.06. The van der Waals surface area contributed by atoms with Crippen LogP contribution in [0.1, 0.15) is 24.5 Å². The topological polar surface area (TPSA) is 73.2 Å². The van der Waals surface area contributed by atoms with E-state index in [0.717, 1.165) is 5.56 Å². The molecule has 1 N–H and O–H groups in total. The van der Waals surface area contributed by atoms with E-state index in [1.165, 1.54) is 0 Å². The minimum absolute atomic E-state index is 0.0450. The lowest BCUT2D eigenvalue weighted by molar-refractivity contribution is -0.142. The number of rotatable bonds is 3. The van der Waals surface area contributed by atoms with Gasteiger partial charge in [0, 0.05) is 13.1 Å². The van der Waals surface area contributed by atoms with E-state index in [9.17, 15) is 9.59 Å². The molecule has 1 atom stereocenters. The van der Waals surface area contributed by atoms with E-state index >= 15 is 0 Å². The molecule has 0 bridgehead atoms. The van der Waals surface area contributed by atoms with Gasteiger partial charge in [-0.05, 0) is 24.1 Å². The Bertz CT molecular complexity index is 545. The molecule has 0 spiro atoms. The molecule has 104 valence electrons. The highest BCUT2D eigenvalue weighted by Gasteiger charge is 2.31. The summed E-state index contributed by atoms with van der Waals surface area (Å²) in [5.74, 6) is -0.122. The minimum Gasteiger partial charge on any atom is -0.353 e. The number of carbonyl (C=O) groups is 2. The highest BCUT2D eigenvalue weighted by molar-refractivity contribution is 5.89. The summed E-state index contributed by atoms with van der Waals surface area (Å²) in [6.45, 7) is 2.96. The van der Waals surface area contributed by atoms with Crippen molar-refractivity contribution in [2.24, 2.45) is 0 Å². The Morgan fingerprint density at radius 1 is 1.45 bits per heavy atom. The predicted octanol–water partition coefficient (Wildman–Crippen LogP) is 0.838. The molecule has 0 aliphatic carbocycles. The molecule has 5 heteroatoms. The first-order valence-corrected chi connectivity index (χ1v) is 6.72. The third-order valence-corrected chi connectivity index (χ3v) is 3.48. The molecule has 1 saturated heterocycles. The zero-order valence-corrected chi connectivity index (χ0v) is 11.4. The van der Waals surface area contributed by atoms with Gasteiger partial charge in [-0.25, -0.2) is 0 Å². The lowest BCUT2D eigenvalue weighted by Gasteiger charge is -2.34. The fourth-order valence-corrected chi connectivity index (χ4v) is 2.39. The number of nitrogens with one attached hydrogen (secondary N) is 1. The van der Waals surface area contributed by atoms with E-state index in [1.807, 2.05) is 13.0 Å². The van der Waals surface area contributed by atoms with Crippen LogP contribution in [0, 0.1) is 11.3 Å². The highest BCUT2D eigenvalue weighted by Crippen LogP contribution is 2.12. The Hall–Kier alpha value is -2.35. The number of hydrogen-bond donors (Lipinski definition) is 1. The van der Waals surface area contributed by atoms with Gasteiger partial charge in [0.2, 0.25) is 11.8 Å². The molecule has 1 unspecified atom stereocenters. The highest BCUT2D eigenvalue weighted by atomic mass is 16.2. The van der Waals surface area contributed by atoms with E-state index < -0.39 is 0 Å². The van der Waals surface area contributed by atoms with E-state index in [-0.39, 0.29) is 24.3 Å². The van der Waals surface area contributed by atoms with Crippen molar-refractivity contribution in [1.82, 2.24) is 10.2 Å². The van der Waals surface area contributed by atoms with Gasteiger partial charge in [0.1, 0.15) is 6.04 Å². The SMILES string of the molecule is CCC1C(=O)NCCN1C(=O)Cc1ccc(C#N)cc1. The van der Waals surface area contributed by atoms with Gasteiger partial charge in [0.25, 0.3) is 0 Å². The molecule has 0 radical (unpaired) electrons. The van der Waals surface area contributed by atoms with Gasteiger partial charge in [-0.15, -0.1) is 0 Å². The quantitative estimate of drug-likeness (QED) is 0.885. The molecule has 2 rings (SSSR count). The molecule has 1 fully saturated rings. The average molecular weight is 271 g/mol. The van der Waals surface area contributed by atoms with Crippen LogP contribution in [0.4, 0.5) is 0 Å². The molecule has 20 heavy (non-hydrogen) atoms. The van der Waals surface area contributed by atoms with Gasteiger partial charge in [0.05, 0.1) is 18.1 Å². The first-order valence-electron chi connectivity index (χ1n) is 6.72. The standard InChI is InChI=1S/C15H17N3O2/c1-2-13-15(20)17-7-8-18(13)14(19)9-11-3-5-12(10-16)6-4-11/h3-6,13H,2,7-9H2,1H3,(H,17,20). The maximum atomic E-state index is 12.3. The summed E-state index contributed by atoms with van der Waals surface area (Å²) in [4.78, 5) is 25.7. The number of carbonyl (C=O) groups excluding carboxylic acids is 2. The molecule has 1 aromatic rings. The second kappa shape index (κ2) is 6.20. The molecular formula is C15H17N3O2. The van der Waals surface area contributed by atoms with Crippen molar-refractivity contribution < 1.29 is 9.59 Å². The third kappa shape index (κ3) is 2.97. The predicted molar refractivity (Wildman–Crippen MR) is 73.7 cm³/mol. The smallest absolute Gasteiger partial charge is 0.242 e. The Morgan fingerprint density at radius 3 is 2.75 bits per heavy atom. The van der Waals surface area contributed by atoms with Gasteiger partial charge in [0.15, 0.2) is 0 Å². The lowest BCUT2D eigenvalue weighted by Crippen LogP contribution is -2.57. The van der Waals surface area contributed by atoms with Gasteiger partial charge in [-0.2, -0.15) is 5.26 Å². The Morgan fingerprint density at radius 2 is 2.15 bits per heavy atom. The number of nitrogens with zero attached hydrogens (tertiary/aromatic N) is 2. The Kier molecular flexibility index (Phi) is 4.36. The van der Waals surface area contributed by atoms with Crippen molar-refractivity contribution in [3.8, 4) is 6.07 Å². The van der Waals surface area contributed by atoms with Crippen LogP contribution < -0.4 is 5.32 Å². The number of nitriles is 1. The fraction of sp³-hybridized carbons (Fsp3) is 0.400. The summed E-state index contributed by atoms with van der Waals surface area (Å²) < 4.78 is 0. The normalized spacial score (nSPS) is 18.3. The summed E-state index contributed by atoms with van der Waals surface area (Å²) in [5, 5.41) is 11.5. The number of piperazine rings is 1. The lowest BCUT2D eigenvalue weighted by atomic mass is 10.1. The van der Waals surface area contributed by atoms with Crippen LogP contribution in [0.2, 0.25) is 0 Å². The first kappa shape index (κ1) is 14.1. The first-order chi connectivity index (χ1) is 9.65. The fourth-order valence-electron chi connectivity index (χ4n) is 2.39. The van der Waals surface area contributed by atoms with Crippen molar-refractivity contribution in [2.75, 3.05) is 13.1 Å². The van der Waals surface area contributed by atoms with Crippen LogP contribution in [-0.4, -0.2) is 35.8 Å². The van der Waals surface area contributed by atoms with Gasteiger partial charge >= 0.3 is 0 Å². The second-order valence-corrected chi connectivity index (χ2v) is 4.79. The van der Waals surface area contributed by atoms with E-state index in [1.54, 1.807) is 29.2 Å². The largest absolute Gasteiger partial charge is 0.353 e. The zero-order valence-electron chi connectivity index (χ0n) is 11.4. The van der Waals surface area contributed by atoms with Crippen LogP contribution in [0.25, 0.3) is 0 Å². The Labute approximate surface area is 118 Å². The van der Waals surface area contributed by atoms with Crippen LogP contribution in [-0.2, 0) is 16.0 Å². The van der Waals surface area contributed by atoms with Gasteiger partial charge in [-0.3, -0.25) is 9.59 Å². The number of amides is 2. The van der Waals surface area contributed by atoms with E-state index in [0.29, 0.717) is 25.1 Å². The maximum absolute atomic E-state index is 12.3. The summed E-state index contributed by atoms with van der Waals surface area (Å²) in [5.41, 5.74) is 1.43. The van der Waals surface area contributed by atoms with Gasteiger partial charge < -0.3 is 10.2 Å². The zero-order chi connectivity index (χ0) is 14.5. The third-order valence-electron chi connectivity index (χ3n) is 3.48. The van der Waals surface area contributed by atoms with Crippen molar-refractivity contribution >= 4 is 11.8 Å². The van der Waals surface area contributed by atoms with Crippen LogP contribution in [0.3, 0.4) is 0 Å². The molecule has 0 aromatic heterocycles. The van der Waals surface area contributed by atoms with Crippen molar-refractivity contribution in [1.29, 1.82) is 5.26 Å². The van der Waals surface area contributed by atoms with E-state index in [2.05, 4.69) is 5.32 Å². The van der Waals surface area contributed by atoms with Crippen LogP contribution in [0.15, 0.2) is 24.3 Å². The molecule has 0 saturated carbocycles. The summed E-state index contributed by atoms with van der Waals surface area (Å²) in [6, 6.07) is 8.63. The maximum Gasteiger partial charge on any atom is 0.242 e. The molecule has 1 heterocycles. The minimum atomic E-state index is -0.366. The molecule has 5 nitrogen and oxygen atoms in total. The molecule has 1 aliphatic rings. The van der Waals surface area contributed by atoms with Crippen molar-refractivity contribution in [2.45, 2.75) is 25.8 Å². The summed E-state index contributed by atoms with van der Waals surface area (Å²) in [7, 11) is 0. The van der Waals surface area contributed by atoms with E-state index in [4.69, 9.17) is 5.26 Å². The summed E-state index contributed by atoms with van der Waals surface area (Å²) in [6.07, 6.45) is 0.875. The second-order valence-electron chi connectivity index (χ2n) is 4.79. The van der Waals surface area contributed by atoms with Crippen LogP contribution >= 0.6 is 0 Å². The molecule has 2 amide bonds. The van der Waals surface area contributed by atoms with Crippen LogP contribution in [0.5, 0.6) is 0 Å². The monoisotopic (exact) mass is 271 g/mol.